The summed E-state index contributed by atoms with van der Waals surface area (Å²) in [5.74, 6) is -0.919. The summed E-state index contributed by atoms with van der Waals surface area (Å²) in [5, 5.41) is 5.64. The molecule has 5 heteroatoms. The molecule has 0 spiro atoms. The quantitative estimate of drug-likeness (QED) is 0.570. The average molecular weight is 199 g/mol. The van der Waals surface area contributed by atoms with Gasteiger partial charge in [-0.3, -0.25) is 9.59 Å². The van der Waals surface area contributed by atoms with Crippen LogP contribution in [0.2, 0.25) is 0 Å². The fourth-order valence-electron chi connectivity index (χ4n) is 1.47. The van der Waals surface area contributed by atoms with E-state index in [1.54, 1.807) is 4.90 Å². The molecular formula is C9H17N3O2. The molecule has 5 nitrogen and oxygen atoms in total. The lowest BCUT2D eigenvalue weighted by molar-refractivity contribution is -0.149. The lowest BCUT2D eigenvalue weighted by Gasteiger charge is -2.32. The first-order chi connectivity index (χ1) is 6.54. The molecule has 1 heterocycles. The third-order valence-electron chi connectivity index (χ3n) is 2.34. The van der Waals surface area contributed by atoms with Crippen LogP contribution in [-0.2, 0) is 9.59 Å². The van der Waals surface area contributed by atoms with Crippen molar-refractivity contribution in [2.45, 2.75) is 25.9 Å². The first kappa shape index (κ1) is 11.0. The lowest BCUT2D eigenvalue weighted by atomic mass is 10.2. The minimum Gasteiger partial charge on any atom is -0.344 e. The van der Waals surface area contributed by atoms with Gasteiger partial charge in [0.1, 0.15) is 0 Å². The minimum atomic E-state index is -0.493. The van der Waals surface area contributed by atoms with Crippen molar-refractivity contribution in [1.82, 2.24) is 15.5 Å². The summed E-state index contributed by atoms with van der Waals surface area (Å²) in [6.45, 7) is 5.04. The molecule has 1 rings (SSSR count). The molecule has 2 amide bonds. The molecular weight excluding hydrogens is 182 g/mol. The van der Waals surface area contributed by atoms with Gasteiger partial charge >= 0.3 is 11.8 Å². The van der Waals surface area contributed by atoms with E-state index >= 15 is 0 Å². The van der Waals surface area contributed by atoms with Crippen LogP contribution in [0.4, 0.5) is 0 Å². The minimum absolute atomic E-state index is 0.0456. The summed E-state index contributed by atoms with van der Waals surface area (Å²) in [7, 11) is 1.84. The van der Waals surface area contributed by atoms with Crippen LogP contribution in [-0.4, -0.2) is 48.9 Å². The number of hydrogen-bond acceptors (Lipinski definition) is 3. The topological polar surface area (TPSA) is 61.4 Å². The van der Waals surface area contributed by atoms with Gasteiger partial charge in [0.15, 0.2) is 0 Å². The Morgan fingerprint density at radius 3 is 2.86 bits per heavy atom. The van der Waals surface area contributed by atoms with E-state index in [9.17, 15) is 9.59 Å². The Labute approximate surface area is 83.8 Å². The van der Waals surface area contributed by atoms with E-state index in [1.165, 1.54) is 0 Å². The Balaban J connectivity index is 2.58. The largest absolute Gasteiger partial charge is 0.344 e. The number of amides is 2. The van der Waals surface area contributed by atoms with Crippen molar-refractivity contribution in [1.29, 1.82) is 0 Å². The molecule has 1 saturated heterocycles. The number of nitrogens with zero attached hydrogens (tertiary/aromatic N) is 1. The molecule has 1 fully saturated rings. The van der Waals surface area contributed by atoms with E-state index in [4.69, 9.17) is 0 Å². The Hall–Kier alpha value is -1.10. The van der Waals surface area contributed by atoms with Gasteiger partial charge in [-0.15, -0.1) is 0 Å². The van der Waals surface area contributed by atoms with Gasteiger partial charge in [0.05, 0.1) is 0 Å². The van der Waals surface area contributed by atoms with Crippen LogP contribution in [0.5, 0.6) is 0 Å². The fraction of sp³-hybridized carbons (Fsp3) is 0.778. The predicted octanol–water partition coefficient (Wildman–Crippen LogP) is -1.06. The summed E-state index contributed by atoms with van der Waals surface area (Å²) < 4.78 is 0. The summed E-state index contributed by atoms with van der Waals surface area (Å²) in [6, 6.07) is 0.251. The lowest BCUT2D eigenvalue weighted by Crippen LogP contribution is -2.58. The Kier molecular flexibility index (Phi) is 3.46. The smallest absolute Gasteiger partial charge is 0.312 e. The standard InChI is InChI=1S/C9H17N3O2/c1-6(10-3)4-12-5-7(2)11-8(13)9(12)14/h6-7,10H,4-5H2,1-3H3,(H,11,13). The zero-order chi connectivity index (χ0) is 10.7. The van der Waals surface area contributed by atoms with E-state index < -0.39 is 11.8 Å². The molecule has 1 aliphatic rings. The normalized spacial score (nSPS) is 24.8. The molecule has 1 aliphatic heterocycles. The van der Waals surface area contributed by atoms with E-state index in [0.717, 1.165) is 0 Å². The summed E-state index contributed by atoms with van der Waals surface area (Å²) in [6.07, 6.45) is 0. The zero-order valence-corrected chi connectivity index (χ0v) is 8.83. The van der Waals surface area contributed by atoms with Crippen LogP contribution < -0.4 is 10.6 Å². The number of likely N-dealkylation sites (N-methyl/N-ethyl adjacent to an activating group) is 1. The molecule has 0 aromatic carbocycles. The maximum atomic E-state index is 11.4. The second-order valence-corrected chi connectivity index (χ2v) is 3.77. The van der Waals surface area contributed by atoms with Gasteiger partial charge in [0.25, 0.3) is 0 Å². The molecule has 2 N–H and O–H groups in total. The van der Waals surface area contributed by atoms with Crippen LogP contribution in [0.25, 0.3) is 0 Å². The molecule has 2 atom stereocenters. The Morgan fingerprint density at radius 1 is 1.64 bits per heavy atom. The SMILES string of the molecule is CNC(C)CN1CC(C)NC(=O)C1=O. The highest BCUT2D eigenvalue weighted by Gasteiger charge is 2.30. The van der Waals surface area contributed by atoms with E-state index in [2.05, 4.69) is 10.6 Å². The van der Waals surface area contributed by atoms with Gasteiger partial charge in [-0.25, -0.2) is 0 Å². The van der Waals surface area contributed by atoms with Crippen molar-refractivity contribution in [3.05, 3.63) is 0 Å². The molecule has 0 aromatic heterocycles. The van der Waals surface area contributed by atoms with Crippen LogP contribution >= 0.6 is 0 Å². The highest BCUT2D eigenvalue weighted by Crippen LogP contribution is 2.02. The van der Waals surface area contributed by atoms with Crippen molar-refractivity contribution in [2.75, 3.05) is 20.1 Å². The number of nitrogens with one attached hydrogen (secondary N) is 2. The third-order valence-corrected chi connectivity index (χ3v) is 2.34. The van der Waals surface area contributed by atoms with Gasteiger partial charge in [-0.2, -0.15) is 0 Å². The van der Waals surface area contributed by atoms with Crippen molar-refractivity contribution < 1.29 is 9.59 Å². The van der Waals surface area contributed by atoms with Gasteiger partial charge in [-0.1, -0.05) is 0 Å². The molecule has 0 radical (unpaired) electrons. The van der Waals surface area contributed by atoms with E-state index in [1.807, 2.05) is 20.9 Å². The number of piperazine rings is 1. The Bertz CT molecular complexity index is 242. The number of hydrogen-bond donors (Lipinski definition) is 2. The number of carbonyl (C=O) groups is 2. The highest BCUT2D eigenvalue weighted by molar-refractivity contribution is 6.35. The average Bonchev–Trinajstić information content (AvgIpc) is 2.13. The number of rotatable bonds is 3. The van der Waals surface area contributed by atoms with Gasteiger partial charge in [0, 0.05) is 25.2 Å². The summed E-state index contributed by atoms with van der Waals surface area (Å²) in [4.78, 5) is 24.2. The number of carbonyl (C=O) groups excluding carboxylic acids is 2. The van der Waals surface area contributed by atoms with Crippen LogP contribution in [0.15, 0.2) is 0 Å². The fourth-order valence-corrected chi connectivity index (χ4v) is 1.47. The molecule has 80 valence electrons. The van der Waals surface area contributed by atoms with Crippen molar-refractivity contribution in [2.24, 2.45) is 0 Å². The molecule has 0 aliphatic carbocycles. The molecule has 0 bridgehead atoms. The van der Waals surface area contributed by atoms with Crippen LogP contribution in [0.1, 0.15) is 13.8 Å². The highest BCUT2D eigenvalue weighted by atomic mass is 16.2. The van der Waals surface area contributed by atoms with Crippen molar-refractivity contribution in [3.63, 3.8) is 0 Å². The van der Waals surface area contributed by atoms with E-state index in [0.29, 0.717) is 13.1 Å². The third kappa shape index (κ3) is 2.45. The van der Waals surface area contributed by atoms with E-state index in [-0.39, 0.29) is 12.1 Å². The zero-order valence-electron chi connectivity index (χ0n) is 8.83. The molecule has 14 heavy (non-hydrogen) atoms. The second kappa shape index (κ2) is 4.41. The predicted molar refractivity (Wildman–Crippen MR) is 52.7 cm³/mol. The molecule has 2 unspecified atom stereocenters. The summed E-state index contributed by atoms with van der Waals surface area (Å²) in [5.41, 5.74) is 0. The maximum Gasteiger partial charge on any atom is 0.312 e. The summed E-state index contributed by atoms with van der Waals surface area (Å²) >= 11 is 0. The van der Waals surface area contributed by atoms with Crippen molar-refractivity contribution >= 4 is 11.8 Å². The van der Waals surface area contributed by atoms with Crippen molar-refractivity contribution in [3.8, 4) is 0 Å². The Morgan fingerprint density at radius 2 is 2.29 bits per heavy atom. The van der Waals surface area contributed by atoms with Gasteiger partial charge in [-0.05, 0) is 20.9 Å². The second-order valence-electron chi connectivity index (χ2n) is 3.77. The monoisotopic (exact) mass is 199 g/mol. The van der Waals surface area contributed by atoms with Gasteiger partial charge < -0.3 is 15.5 Å². The molecule has 0 aromatic rings. The molecule has 0 saturated carbocycles. The first-order valence-electron chi connectivity index (χ1n) is 4.81. The maximum absolute atomic E-state index is 11.4. The van der Waals surface area contributed by atoms with Gasteiger partial charge in [0.2, 0.25) is 0 Å². The first-order valence-corrected chi connectivity index (χ1v) is 4.81. The van der Waals surface area contributed by atoms with Crippen LogP contribution in [0.3, 0.4) is 0 Å². The van der Waals surface area contributed by atoms with Crippen LogP contribution in [0, 0.1) is 0 Å².